The summed E-state index contributed by atoms with van der Waals surface area (Å²) in [7, 11) is 1.78. The molecule has 1 amide bonds. The number of nitrogens with zero attached hydrogens (tertiary/aromatic N) is 5. The Morgan fingerprint density at radius 3 is 2.78 bits per heavy atom. The molecule has 1 unspecified atom stereocenters. The molecule has 1 saturated heterocycles. The molecule has 2 aromatic heterocycles. The molecule has 0 aromatic carbocycles. The molecule has 27 heavy (non-hydrogen) atoms. The summed E-state index contributed by atoms with van der Waals surface area (Å²) in [6.07, 6.45) is 5.44. The second-order valence-corrected chi connectivity index (χ2v) is 7.31. The average Bonchev–Trinajstić information content (AvgIpc) is 3.35. The van der Waals surface area contributed by atoms with Crippen LogP contribution in [-0.2, 0) is 11.8 Å². The topological polar surface area (TPSA) is 96.1 Å². The standard InChI is InChI=1S/C18H26N6O3/c1-11-15(16(25)19-18-21-20-12(2)24(18)13-7-8-13)17(23(3)22-11)27-10-14-6-4-5-9-26-14/h13-14H,4-10H2,1-3H3,(H,19,21,25). The number of hydrogen-bond donors (Lipinski definition) is 1. The Morgan fingerprint density at radius 1 is 1.26 bits per heavy atom. The quantitative estimate of drug-likeness (QED) is 0.832. The van der Waals surface area contributed by atoms with Crippen LogP contribution in [0.25, 0.3) is 0 Å². The second kappa shape index (κ2) is 7.30. The van der Waals surface area contributed by atoms with Crippen LogP contribution >= 0.6 is 0 Å². The number of aryl methyl sites for hydroxylation is 3. The summed E-state index contributed by atoms with van der Waals surface area (Å²) in [6.45, 7) is 4.88. The van der Waals surface area contributed by atoms with Crippen LogP contribution in [0.2, 0.25) is 0 Å². The van der Waals surface area contributed by atoms with Gasteiger partial charge in [-0.25, -0.2) is 4.68 Å². The number of anilines is 1. The molecule has 1 aliphatic heterocycles. The van der Waals surface area contributed by atoms with E-state index in [-0.39, 0.29) is 12.0 Å². The van der Waals surface area contributed by atoms with Crippen molar-refractivity contribution < 1.29 is 14.3 Å². The van der Waals surface area contributed by atoms with Gasteiger partial charge in [-0.05, 0) is 46.0 Å². The number of carbonyl (C=O) groups excluding carboxylic acids is 1. The van der Waals surface area contributed by atoms with Crippen LogP contribution in [-0.4, -0.2) is 49.8 Å². The first-order valence-corrected chi connectivity index (χ1v) is 9.55. The maximum atomic E-state index is 13.0. The van der Waals surface area contributed by atoms with Gasteiger partial charge in [0.1, 0.15) is 18.0 Å². The maximum Gasteiger partial charge on any atom is 0.265 e. The van der Waals surface area contributed by atoms with E-state index < -0.39 is 0 Å². The van der Waals surface area contributed by atoms with Gasteiger partial charge in [0, 0.05) is 19.7 Å². The lowest BCUT2D eigenvalue weighted by atomic mass is 10.1. The number of aromatic nitrogens is 5. The number of ether oxygens (including phenoxy) is 2. The van der Waals surface area contributed by atoms with E-state index in [1.165, 1.54) is 0 Å². The molecule has 1 aliphatic carbocycles. The summed E-state index contributed by atoms with van der Waals surface area (Å²) in [5, 5.41) is 15.5. The number of carbonyl (C=O) groups is 1. The van der Waals surface area contributed by atoms with Crippen molar-refractivity contribution >= 4 is 11.9 Å². The van der Waals surface area contributed by atoms with E-state index in [1.54, 1.807) is 18.7 Å². The molecule has 1 saturated carbocycles. The minimum absolute atomic E-state index is 0.0606. The molecule has 1 atom stereocenters. The molecule has 0 radical (unpaired) electrons. The summed E-state index contributed by atoms with van der Waals surface area (Å²) in [5.74, 6) is 1.45. The largest absolute Gasteiger partial charge is 0.475 e. The summed E-state index contributed by atoms with van der Waals surface area (Å²) in [6, 6.07) is 0.379. The molecular weight excluding hydrogens is 348 g/mol. The van der Waals surface area contributed by atoms with E-state index in [9.17, 15) is 4.79 Å². The fraction of sp³-hybridized carbons (Fsp3) is 0.667. The minimum atomic E-state index is -0.283. The lowest BCUT2D eigenvalue weighted by Gasteiger charge is -2.22. The Balaban J connectivity index is 1.51. The second-order valence-electron chi connectivity index (χ2n) is 7.31. The van der Waals surface area contributed by atoms with Gasteiger partial charge >= 0.3 is 0 Å². The molecule has 0 bridgehead atoms. The van der Waals surface area contributed by atoms with Gasteiger partial charge < -0.3 is 9.47 Å². The molecule has 146 valence electrons. The highest BCUT2D eigenvalue weighted by Crippen LogP contribution is 2.38. The Morgan fingerprint density at radius 2 is 2.07 bits per heavy atom. The number of rotatable bonds is 6. The van der Waals surface area contributed by atoms with E-state index in [2.05, 4.69) is 20.6 Å². The molecule has 2 fully saturated rings. The summed E-state index contributed by atoms with van der Waals surface area (Å²) in [4.78, 5) is 13.0. The molecule has 0 spiro atoms. The van der Waals surface area contributed by atoms with Crippen molar-refractivity contribution in [2.45, 2.75) is 58.1 Å². The van der Waals surface area contributed by atoms with Gasteiger partial charge in [-0.2, -0.15) is 5.10 Å². The van der Waals surface area contributed by atoms with Crippen molar-refractivity contribution in [3.05, 3.63) is 17.1 Å². The highest BCUT2D eigenvalue weighted by molar-refractivity contribution is 6.06. The van der Waals surface area contributed by atoms with E-state index in [4.69, 9.17) is 9.47 Å². The van der Waals surface area contributed by atoms with Gasteiger partial charge in [0.2, 0.25) is 11.8 Å². The van der Waals surface area contributed by atoms with Gasteiger partial charge in [-0.1, -0.05) is 0 Å². The number of hydrogen-bond acceptors (Lipinski definition) is 6. The number of nitrogens with one attached hydrogen (secondary N) is 1. The first-order valence-electron chi connectivity index (χ1n) is 9.55. The van der Waals surface area contributed by atoms with Crippen LogP contribution in [0.5, 0.6) is 5.88 Å². The molecule has 2 aromatic rings. The van der Waals surface area contributed by atoms with E-state index in [1.807, 2.05) is 11.5 Å². The highest BCUT2D eigenvalue weighted by Gasteiger charge is 2.30. The molecule has 1 N–H and O–H groups in total. The third-order valence-electron chi connectivity index (χ3n) is 5.08. The Hall–Kier alpha value is -2.42. The summed E-state index contributed by atoms with van der Waals surface area (Å²) < 4.78 is 15.3. The normalized spacial score (nSPS) is 19.9. The van der Waals surface area contributed by atoms with Crippen molar-refractivity contribution in [2.24, 2.45) is 7.05 Å². The molecule has 9 heteroatoms. The van der Waals surface area contributed by atoms with Crippen molar-refractivity contribution in [1.82, 2.24) is 24.5 Å². The Bertz CT molecular complexity index is 833. The van der Waals surface area contributed by atoms with Gasteiger partial charge in [-0.3, -0.25) is 14.7 Å². The third kappa shape index (κ3) is 3.69. The van der Waals surface area contributed by atoms with Crippen LogP contribution < -0.4 is 10.1 Å². The fourth-order valence-corrected chi connectivity index (χ4v) is 3.56. The summed E-state index contributed by atoms with van der Waals surface area (Å²) in [5.41, 5.74) is 1.04. The predicted octanol–water partition coefficient (Wildman–Crippen LogP) is 2.16. The zero-order valence-electron chi connectivity index (χ0n) is 16.1. The fourth-order valence-electron chi connectivity index (χ4n) is 3.56. The van der Waals surface area contributed by atoms with Crippen molar-refractivity contribution in [3.63, 3.8) is 0 Å². The van der Waals surface area contributed by atoms with E-state index >= 15 is 0 Å². The van der Waals surface area contributed by atoms with Crippen LogP contribution in [0.15, 0.2) is 0 Å². The minimum Gasteiger partial charge on any atom is -0.475 e. The van der Waals surface area contributed by atoms with Crippen molar-refractivity contribution in [3.8, 4) is 5.88 Å². The lowest BCUT2D eigenvalue weighted by molar-refractivity contribution is -0.0128. The Labute approximate surface area is 158 Å². The molecule has 9 nitrogen and oxygen atoms in total. The van der Waals surface area contributed by atoms with Gasteiger partial charge in [0.05, 0.1) is 11.8 Å². The van der Waals surface area contributed by atoms with Crippen molar-refractivity contribution in [1.29, 1.82) is 0 Å². The Kier molecular flexibility index (Phi) is 4.86. The summed E-state index contributed by atoms with van der Waals surface area (Å²) >= 11 is 0. The predicted molar refractivity (Wildman–Crippen MR) is 98.0 cm³/mol. The first-order chi connectivity index (χ1) is 13.0. The van der Waals surface area contributed by atoms with Crippen LogP contribution in [0.4, 0.5) is 5.95 Å². The SMILES string of the molecule is Cc1nn(C)c(OCC2CCCCO2)c1C(=O)Nc1nnc(C)n1C1CC1. The first kappa shape index (κ1) is 18.0. The molecule has 4 rings (SSSR count). The third-order valence-corrected chi connectivity index (χ3v) is 5.08. The van der Waals surface area contributed by atoms with Crippen molar-refractivity contribution in [2.75, 3.05) is 18.5 Å². The highest BCUT2D eigenvalue weighted by atomic mass is 16.5. The van der Waals surface area contributed by atoms with Gasteiger partial charge in [0.15, 0.2) is 0 Å². The molecule has 2 aliphatic rings. The number of amides is 1. The molecule has 3 heterocycles. The van der Waals surface area contributed by atoms with Gasteiger partial charge in [-0.15, -0.1) is 10.2 Å². The smallest absolute Gasteiger partial charge is 0.265 e. The van der Waals surface area contributed by atoms with E-state index in [0.29, 0.717) is 35.7 Å². The zero-order chi connectivity index (χ0) is 19.0. The zero-order valence-corrected chi connectivity index (χ0v) is 16.1. The lowest BCUT2D eigenvalue weighted by Crippen LogP contribution is -2.27. The van der Waals surface area contributed by atoms with Crippen LogP contribution in [0.3, 0.4) is 0 Å². The van der Waals surface area contributed by atoms with Crippen LogP contribution in [0.1, 0.15) is 60.0 Å². The monoisotopic (exact) mass is 374 g/mol. The molecular formula is C18H26N6O3. The van der Waals surface area contributed by atoms with Crippen LogP contribution in [0, 0.1) is 13.8 Å². The van der Waals surface area contributed by atoms with Gasteiger partial charge in [0.25, 0.3) is 5.91 Å². The van der Waals surface area contributed by atoms with E-state index in [0.717, 1.165) is 44.5 Å². The average molecular weight is 374 g/mol. The maximum absolute atomic E-state index is 13.0.